The molecule has 4 nitrogen and oxygen atoms in total. The van der Waals surface area contributed by atoms with E-state index in [4.69, 9.17) is 9.47 Å². The molecular weight excluding hydrogens is 172 g/mol. The molecular formula is C9H14O4. The monoisotopic (exact) mass is 186 g/mol. The second-order valence-corrected chi connectivity index (χ2v) is 3.44. The van der Waals surface area contributed by atoms with E-state index in [2.05, 4.69) is 0 Å². The summed E-state index contributed by atoms with van der Waals surface area (Å²) in [5.41, 5.74) is 0. The molecule has 1 fully saturated rings. The molecule has 0 N–H and O–H groups in total. The topological polar surface area (TPSA) is 52.6 Å². The molecule has 13 heavy (non-hydrogen) atoms. The lowest BCUT2D eigenvalue weighted by atomic mass is 10.1. The predicted molar refractivity (Wildman–Crippen MR) is 44.9 cm³/mol. The summed E-state index contributed by atoms with van der Waals surface area (Å²) >= 11 is 0. The van der Waals surface area contributed by atoms with Crippen molar-refractivity contribution in [3.8, 4) is 0 Å². The Labute approximate surface area is 77.2 Å². The van der Waals surface area contributed by atoms with Gasteiger partial charge in [0, 0.05) is 0 Å². The van der Waals surface area contributed by atoms with E-state index in [-0.39, 0.29) is 30.6 Å². The quantitative estimate of drug-likeness (QED) is 0.527. The van der Waals surface area contributed by atoms with E-state index in [1.165, 1.54) is 0 Å². The number of hydrogen-bond acceptors (Lipinski definition) is 4. The van der Waals surface area contributed by atoms with Crippen LogP contribution in [0.2, 0.25) is 0 Å². The van der Waals surface area contributed by atoms with Crippen LogP contribution in [0, 0.1) is 5.92 Å². The molecule has 0 spiro atoms. The lowest BCUT2D eigenvalue weighted by Gasteiger charge is -2.25. The first-order chi connectivity index (χ1) is 6.00. The molecule has 0 aromatic carbocycles. The predicted octanol–water partition coefficient (Wildman–Crippen LogP) is 0.890. The van der Waals surface area contributed by atoms with E-state index in [9.17, 15) is 9.59 Å². The van der Waals surface area contributed by atoms with Gasteiger partial charge >= 0.3 is 11.9 Å². The van der Waals surface area contributed by atoms with Gasteiger partial charge in [-0.15, -0.1) is 0 Å². The van der Waals surface area contributed by atoms with Crippen LogP contribution in [0.5, 0.6) is 0 Å². The van der Waals surface area contributed by atoms with Gasteiger partial charge in [0.1, 0.15) is 12.2 Å². The van der Waals surface area contributed by atoms with Crippen LogP contribution in [0.25, 0.3) is 0 Å². The molecule has 0 aromatic rings. The molecule has 0 bridgehead atoms. The van der Waals surface area contributed by atoms with Crippen molar-refractivity contribution >= 4 is 11.9 Å². The minimum Gasteiger partial charge on any atom is -0.459 e. The average molecular weight is 186 g/mol. The molecule has 1 aliphatic rings. The van der Waals surface area contributed by atoms with E-state index in [0.717, 1.165) is 0 Å². The van der Waals surface area contributed by atoms with Gasteiger partial charge < -0.3 is 9.47 Å². The van der Waals surface area contributed by atoms with Gasteiger partial charge in [0.05, 0.1) is 12.3 Å². The Morgan fingerprint density at radius 2 is 1.62 bits per heavy atom. The minimum atomic E-state index is -0.401. The first-order valence-electron chi connectivity index (χ1n) is 4.40. The Kier molecular flexibility index (Phi) is 2.90. The third-order valence-corrected chi connectivity index (χ3v) is 2.16. The van der Waals surface area contributed by atoms with E-state index < -0.39 is 5.92 Å². The van der Waals surface area contributed by atoms with Crippen molar-refractivity contribution in [2.45, 2.75) is 39.4 Å². The van der Waals surface area contributed by atoms with Gasteiger partial charge in [-0.25, -0.2) is 0 Å². The maximum atomic E-state index is 11.2. The van der Waals surface area contributed by atoms with Crippen molar-refractivity contribution in [1.29, 1.82) is 0 Å². The zero-order valence-electron chi connectivity index (χ0n) is 8.07. The lowest BCUT2D eigenvalue weighted by molar-refractivity contribution is -0.176. The lowest BCUT2D eigenvalue weighted by Crippen LogP contribution is -2.36. The van der Waals surface area contributed by atoms with Crippen molar-refractivity contribution in [3.05, 3.63) is 0 Å². The first kappa shape index (κ1) is 10.0. The highest BCUT2D eigenvalue weighted by Gasteiger charge is 2.29. The van der Waals surface area contributed by atoms with Crippen LogP contribution < -0.4 is 0 Å². The number of hydrogen-bond donors (Lipinski definition) is 0. The smallest absolute Gasteiger partial charge is 0.309 e. The molecule has 1 saturated heterocycles. The highest BCUT2D eigenvalue weighted by atomic mass is 16.6. The van der Waals surface area contributed by atoms with E-state index in [0.29, 0.717) is 0 Å². The summed E-state index contributed by atoms with van der Waals surface area (Å²) in [4.78, 5) is 22.4. The van der Waals surface area contributed by atoms with E-state index in [1.807, 2.05) is 0 Å². The molecule has 1 heterocycles. The summed E-state index contributed by atoms with van der Waals surface area (Å²) in [7, 11) is 0. The highest BCUT2D eigenvalue weighted by molar-refractivity contribution is 5.80. The van der Waals surface area contributed by atoms with Crippen LogP contribution in [-0.4, -0.2) is 24.1 Å². The summed E-state index contributed by atoms with van der Waals surface area (Å²) in [6, 6.07) is 0. The van der Waals surface area contributed by atoms with Gasteiger partial charge in [0.2, 0.25) is 0 Å². The Morgan fingerprint density at radius 3 is 2.23 bits per heavy atom. The fourth-order valence-corrected chi connectivity index (χ4v) is 1.08. The van der Waals surface area contributed by atoms with E-state index >= 15 is 0 Å². The second kappa shape index (κ2) is 3.77. The molecule has 74 valence electrons. The Bertz CT molecular complexity index is 224. The number of esters is 2. The van der Waals surface area contributed by atoms with Gasteiger partial charge in [-0.05, 0) is 13.8 Å². The molecule has 3 atom stereocenters. The largest absolute Gasteiger partial charge is 0.459 e. The molecule has 1 aliphatic heterocycles. The summed E-state index contributed by atoms with van der Waals surface area (Å²) in [5.74, 6) is -1.05. The first-order valence-corrected chi connectivity index (χ1v) is 4.40. The average Bonchev–Trinajstić information content (AvgIpc) is 2.02. The molecule has 0 aliphatic carbocycles. The van der Waals surface area contributed by atoms with Crippen molar-refractivity contribution < 1.29 is 19.1 Å². The standard InChI is InChI=1S/C9H14O4/c1-5-4-8(10)12-6(2)7(3)13-9(5)11/h5-7H,4H2,1-3H3. The fourth-order valence-electron chi connectivity index (χ4n) is 1.08. The molecule has 4 heteroatoms. The molecule has 1 rings (SSSR count). The molecule has 0 radical (unpaired) electrons. The molecule has 0 saturated carbocycles. The van der Waals surface area contributed by atoms with Crippen LogP contribution in [0.15, 0.2) is 0 Å². The van der Waals surface area contributed by atoms with Crippen molar-refractivity contribution in [3.63, 3.8) is 0 Å². The van der Waals surface area contributed by atoms with E-state index in [1.54, 1.807) is 20.8 Å². The molecule has 0 aromatic heterocycles. The maximum Gasteiger partial charge on any atom is 0.309 e. The zero-order valence-corrected chi connectivity index (χ0v) is 8.07. The van der Waals surface area contributed by atoms with Crippen molar-refractivity contribution in [2.75, 3.05) is 0 Å². The second-order valence-electron chi connectivity index (χ2n) is 3.44. The van der Waals surface area contributed by atoms with Gasteiger partial charge in [-0.1, -0.05) is 6.92 Å². The number of carbonyl (C=O) groups is 2. The third-order valence-electron chi connectivity index (χ3n) is 2.16. The van der Waals surface area contributed by atoms with Gasteiger partial charge in [0.25, 0.3) is 0 Å². The summed E-state index contributed by atoms with van der Waals surface area (Å²) in [6.07, 6.45) is -0.612. The third kappa shape index (κ3) is 2.44. The number of rotatable bonds is 0. The van der Waals surface area contributed by atoms with Crippen molar-refractivity contribution in [1.82, 2.24) is 0 Å². The van der Waals surface area contributed by atoms with Gasteiger partial charge in [-0.3, -0.25) is 9.59 Å². The van der Waals surface area contributed by atoms with Crippen LogP contribution in [0.1, 0.15) is 27.2 Å². The summed E-state index contributed by atoms with van der Waals surface area (Å²) in [6.45, 7) is 5.09. The van der Waals surface area contributed by atoms with Crippen LogP contribution in [-0.2, 0) is 19.1 Å². The van der Waals surface area contributed by atoms with Crippen LogP contribution >= 0.6 is 0 Å². The number of cyclic esters (lactones) is 2. The Morgan fingerprint density at radius 1 is 1.08 bits per heavy atom. The SMILES string of the molecule is CC1CC(=O)OC(C)C(C)OC1=O. The maximum absolute atomic E-state index is 11.2. The van der Waals surface area contributed by atoms with Crippen molar-refractivity contribution in [2.24, 2.45) is 5.92 Å². The Balaban J connectivity index is 2.70. The molecule has 0 amide bonds. The van der Waals surface area contributed by atoms with Crippen LogP contribution in [0.3, 0.4) is 0 Å². The zero-order chi connectivity index (χ0) is 10.0. The summed E-state index contributed by atoms with van der Waals surface area (Å²) < 4.78 is 10.1. The Hall–Kier alpha value is -1.06. The highest BCUT2D eigenvalue weighted by Crippen LogP contribution is 2.15. The van der Waals surface area contributed by atoms with Gasteiger partial charge in [-0.2, -0.15) is 0 Å². The van der Waals surface area contributed by atoms with Gasteiger partial charge in [0.15, 0.2) is 0 Å². The number of ether oxygens (including phenoxy) is 2. The normalized spacial score (nSPS) is 35.8. The van der Waals surface area contributed by atoms with Crippen LogP contribution in [0.4, 0.5) is 0 Å². The molecule has 3 unspecified atom stereocenters. The summed E-state index contributed by atoms with van der Waals surface area (Å²) in [5, 5.41) is 0. The number of carbonyl (C=O) groups excluding carboxylic acids is 2. The minimum absolute atomic E-state index is 0.107. The fraction of sp³-hybridized carbons (Fsp3) is 0.778.